The van der Waals surface area contributed by atoms with Crippen molar-refractivity contribution in [2.24, 2.45) is 0 Å². The van der Waals surface area contributed by atoms with Gasteiger partial charge in [0, 0.05) is 45.8 Å². The molecule has 5 rings (SSSR count). The third kappa shape index (κ3) is 5.33. The van der Waals surface area contributed by atoms with Crippen molar-refractivity contribution in [3.8, 4) is 0 Å². The van der Waals surface area contributed by atoms with E-state index in [4.69, 9.17) is 16.3 Å². The largest absolute Gasteiger partial charge is 0.498 e. The molecule has 3 aromatic carbocycles. The first-order valence-electron chi connectivity index (χ1n) is 12.2. The van der Waals surface area contributed by atoms with E-state index >= 15 is 0 Å². The van der Waals surface area contributed by atoms with E-state index in [-0.39, 0.29) is 22.0 Å². The van der Waals surface area contributed by atoms with E-state index in [0.717, 1.165) is 16.9 Å². The predicted molar refractivity (Wildman–Crippen MR) is 159 cm³/mol. The van der Waals surface area contributed by atoms with Gasteiger partial charge in [0.25, 0.3) is 0 Å². The lowest BCUT2D eigenvalue weighted by Crippen LogP contribution is -2.52. The number of halogens is 2. The summed E-state index contributed by atoms with van der Waals surface area (Å²) in [6.07, 6.45) is 1.09. The average molecular weight is 667 g/mol. The Morgan fingerprint density at radius 1 is 0.919 bits per heavy atom. The lowest BCUT2D eigenvalue weighted by atomic mass is 9.84. The van der Waals surface area contributed by atoms with Gasteiger partial charge in [-0.1, -0.05) is 84.4 Å². The summed E-state index contributed by atoms with van der Waals surface area (Å²) >= 11 is 8.81. The van der Waals surface area contributed by atoms with Crippen molar-refractivity contribution < 1.29 is 13.2 Å². The summed E-state index contributed by atoms with van der Waals surface area (Å²) in [5.41, 5.74) is 3.14. The fourth-order valence-corrected chi connectivity index (χ4v) is 9.45. The van der Waals surface area contributed by atoms with Crippen LogP contribution in [0.15, 0.2) is 101 Å². The van der Waals surface area contributed by atoms with Gasteiger partial charge in [0.05, 0.1) is 29.5 Å². The van der Waals surface area contributed by atoms with Crippen LogP contribution >= 0.6 is 41.9 Å². The quantitative estimate of drug-likeness (QED) is 0.192. The van der Waals surface area contributed by atoms with Crippen molar-refractivity contribution >= 4 is 51.9 Å². The number of hydrogen-bond acceptors (Lipinski definition) is 5. The molecule has 194 valence electrons. The first kappa shape index (κ1) is 27.0. The molecule has 0 aromatic heterocycles. The average Bonchev–Trinajstić information content (AvgIpc) is 2.93. The van der Waals surface area contributed by atoms with Crippen molar-refractivity contribution in [1.82, 2.24) is 8.61 Å². The molecule has 0 spiro atoms. The SMILES string of the molecule is CCOC1=C2CN(SI)[C@H](c3ccccc3)C[C@@H]2N(S(=O)(=O)c2ccccc2Cl)[C@H](c2ccccc2)C1. The van der Waals surface area contributed by atoms with Crippen LogP contribution in [-0.2, 0) is 14.8 Å². The second-order valence-electron chi connectivity index (χ2n) is 9.10. The van der Waals surface area contributed by atoms with Crippen molar-refractivity contribution in [2.75, 3.05) is 13.2 Å². The molecule has 5 nitrogen and oxygen atoms in total. The van der Waals surface area contributed by atoms with Gasteiger partial charge in [0.15, 0.2) is 0 Å². The number of ether oxygens (including phenoxy) is 1. The standard InChI is InChI=1S/C28H28ClIN2O3S2/c1-2-35-27-18-25(21-13-7-4-8-14-21)32(37(33,34)28-16-10-9-15-23(28)29)26-17-24(20-11-5-3-6-12-20)31(36-30)19-22(26)27/h3-16,24-26H,2,17-19H2,1H3/t24-,25-,26-/m0/s1. The van der Waals surface area contributed by atoms with Crippen LogP contribution in [0.4, 0.5) is 0 Å². The number of sulfonamides is 1. The number of nitrogens with zero attached hydrogens (tertiary/aromatic N) is 2. The first-order chi connectivity index (χ1) is 18.0. The van der Waals surface area contributed by atoms with Crippen molar-refractivity contribution in [1.29, 1.82) is 0 Å². The van der Waals surface area contributed by atoms with Crippen LogP contribution in [0.25, 0.3) is 0 Å². The molecule has 2 aliphatic rings. The summed E-state index contributed by atoms with van der Waals surface area (Å²) in [6, 6.07) is 26.2. The highest BCUT2D eigenvalue weighted by atomic mass is 127. The van der Waals surface area contributed by atoms with Gasteiger partial charge in [-0.3, -0.25) is 0 Å². The Bertz CT molecular complexity index is 1370. The van der Waals surface area contributed by atoms with Gasteiger partial charge in [-0.15, -0.1) is 0 Å². The lowest BCUT2D eigenvalue weighted by Gasteiger charge is -2.49. The third-order valence-electron chi connectivity index (χ3n) is 7.04. The van der Waals surface area contributed by atoms with Crippen LogP contribution in [0.2, 0.25) is 5.02 Å². The summed E-state index contributed by atoms with van der Waals surface area (Å²) in [6.45, 7) is 3.13. The lowest BCUT2D eigenvalue weighted by molar-refractivity contribution is 0.121. The molecule has 1 fully saturated rings. The number of fused-ring (bicyclic) bond motifs is 1. The second kappa shape index (κ2) is 11.7. The topological polar surface area (TPSA) is 49.9 Å². The molecule has 9 heteroatoms. The second-order valence-corrected chi connectivity index (χ2v) is 13.1. The number of hydrogen-bond donors (Lipinski definition) is 0. The number of benzene rings is 3. The van der Waals surface area contributed by atoms with E-state index in [1.54, 1.807) is 37.7 Å². The minimum atomic E-state index is -3.94. The Hall–Kier alpha value is -1.56. The Kier molecular flexibility index (Phi) is 8.53. The van der Waals surface area contributed by atoms with Gasteiger partial charge in [-0.05, 0) is 45.7 Å². The molecule has 0 bridgehead atoms. The van der Waals surface area contributed by atoms with Crippen molar-refractivity contribution in [2.45, 2.75) is 42.8 Å². The van der Waals surface area contributed by atoms with Crippen LogP contribution in [-0.4, -0.2) is 36.2 Å². The van der Waals surface area contributed by atoms with Crippen LogP contribution in [0.3, 0.4) is 0 Å². The third-order valence-corrected chi connectivity index (χ3v) is 11.5. The highest BCUT2D eigenvalue weighted by Crippen LogP contribution is 2.50. The molecule has 0 saturated carbocycles. The van der Waals surface area contributed by atoms with Crippen LogP contribution in [0.1, 0.15) is 43.0 Å². The Morgan fingerprint density at radius 2 is 1.51 bits per heavy atom. The van der Waals surface area contributed by atoms with Gasteiger partial charge in [0.1, 0.15) is 4.90 Å². The Balaban J connectivity index is 1.70. The van der Waals surface area contributed by atoms with E-state index in [0.29, 0.717) is 26.0 Å². The molecular formula is C28H28ClIN2O3S2. The van der Waals surface area contributed by atoms with E-state index < -0.39 is 16.1 Å². The summed E-state index contributed by atoms with van der Waals surface area (Å²) in [5.74, 6) is 0.897. The fourth-order valence-electron chi connectivity index (χ4n) is 5.42. The maximum absolute atomic E-state index is 14.5. The fraction of sp³-hybridized carbons (Fsp3) is 0.286. The van der Waals surface area contributed by atoms with Crippen LogP contribution in [0.5, 0.6) is 0 Å². The van der Waals surface area contributed by atoms with E-state index in [9.17, 15) is 8.42 Å². The Labute approximate surface area is 240 Å². The van der Waals surface area contributed by atoms with Gasteiger partial charge < -0.3 is 4.74 Å². The van der Waals surface area contributed by atoms with E-state index in [1.165, 1.54) is 5.56 Å². The zero-order chi connectivity index (χ0) is 26.0. The minimum Gasteiger partial charge on any atom is -0.498 e. The molecule has 2 aliphatic heterocycles. The molecular weight excluding hydrogens is 639 g/mol. The van der Waals surface area contributed by atoms with E-state index in [2.05, 4.69) is 37.6 Å². The number of piperidine rings is 1. The molecule has 0 aliphatic carbocycles. The molecule has 0 radical (unpaired) electrons. The summed E-state index contributed by atoms with van der Waals surface area (Å²) in [7, 11) is -2.29. The summed E-state index contributed by atoms with van der Waals surface area (Å²) < 4.78 is 39.2. The van der Waals surface area contributed by atoms with Gasteiger partial charge >= 0.3 is 0 Å². The van der Waals surface area contributed by atoms with Crippen LogP contribution in [0, 0.1) is 0 Å². The van der Waals surface area contributed by atoms with Gasteiger partial charge in [-0.25, -0.2) is 12.7 Å². The first-order valence-corrected chi connectivity index (χ1v) is 17.4. The van der Waals surface area contributed by atoms with Gasteiger partial charge in [0.2, 0.25) is 10.0 Å². The van der Waals surface area contributed by atoms with E-state index in [1.807, 2.05) is 55.5 Å². The molecule has 0 N–H and O–H groups in total. The molecule has 3 atom stereocenters. The zero-order valence-electron chi connectivity index (χ0n) is 20.3. The molecule has 0 unspecified atom stereocenters. The highest BCUT2D eigenvalue weighted by Gasteiger charge is 2.49. The maximum atomic E-state index is 14.5. The normalized spacial score (nSPS) is 23.1. The molecule has 1 saturated heterocycles. The van der Waals surface area contributed by atoms with Crippen molar-refractivity contribution in [3.05, 3.63) is 112 Å². The zero-order valence-corrected chi connectivity index (χ0v) is 24.9. The molecule has 37 heavy (non-hydrogen) atoms. The smallest absolute Gasteiger partial charge is 0.245 e. The summed E-state index contributed by atoms with van der Waals surface area (Å²) in [4.78, 5) is 0.138. The van der Waals surface area contributed by atoms with Gasteiger partial charge in [-0.2, -0.15) is 4.31 Å². The monoisotopic (exact) mass is 666 g/mol. The van der Waals surface area contributed by atoms with Crippen molar-refractivity contribution in [3.63, 3.8) is 0 Å². The minimum absolute atomic E-state index is 0.0400. The summed E-state index contributed by atoms with van der Waals surface area (Å²) in [5, 5.41) is 0.232. The molecule has 2 heterocycles. The maximum Gasteiger partial charge on any atom is 0.245 e. The Morgan fingerprint density at radius 3 is 2.11 bits per heavy atom. The van der Waals surface area contributed by atoms with Crippen LogP contribution < -0.4 is 0 Å². The highest BCUT2D eigenvalue weighted by molar-refractivity contribution is 14.2. The molecule has 3 aromatic rings. The number of rotatable bonds is 7. The molecule has 0 amide bonds. The predicted octanol–water partition coefficient (Wildman–Crippen LogP) is 7.58.